The molecule has 0 aromatic carbocycles. The highest BCUT2D eigenvalue weighted by atomic mass is 16.6. The lowest BCUT2D eigenvalue weighted by molar-refractivity contribution is -0.167. The third-order valence-corrected chi connectivity index (χ3v) is 9.39. The summed E-state index contributed by atoms with van der Waals surface area (Å²) in [5.74, 6) is 3.44. The predicted molar refractivity (Wildman–Crippen MR) is 105 cm³/mol. The van der Waals surface area contributed by atoms with Crippen LogP contribution in [-0.4, -0.2) is 18.2 Å². The van der Waals surface area contributed by atoms with Crippen LogP contribution in [0, 0.1) is 28.6 Å². The number of fused-ring (bicyclic) bond motifs is 6. The summed E-state index contributed by atoms with van der Waals surface area (Å²) in [6, 6.07) is 0. The molecular formula is C24H34O3. The molecule has 1 heterocycles. The van der Waals surface area contributed by atoms with Crippen molar-refractivity contribution in [2.24, 2.45) is 28.6 Å². The van der Waals surface area contributed by atoms with Gasteiger partial charge in [-0.1, -0.05) is 19.9 Å². The fourth-order valence-electron chi connectivity index (χ4n) is 7.89. The standard InChI is InChI=1S/C24H34O3/c1-4-26-17-7-11-22(2)16(15-17)5-6-18-19(22)8-12-23(3)20(18)9-13-24(23)14-10-21(25)27-24/h5,15,18-20H,4,6-14H2,1-3H3/t18?,19?,20?,22-,23-,24+/m0/s1. The van der Waals surface area contributed by atoms with Gasteiger partial charge in [0.2, 0.25) is 0 Å². The summed E-state index contributed by atoms with van der Waals surface area (Å²) in [4.78, 5) is 12.0. The van der Waals surface area contributed by atoms with E-state index in [-0.39, 0.29) is 17.0 Å². The molecule has 0 radical (unpaired) electrons. The molecule has 1 saturated heterocycles. The maximum absolute atomic E-state index is 12.0. The summed E-state index contributed by atoms with van der Waals surface area (Å²) in [6.45, 7) is 7.81. The van der Waals surface area contributed by atoms with Crippen molar-refractivity contribution < 1.29 is 14.3 Å². The van der Waals surface area contributed by atoms with E-state index in [4.69, 9.17) is 9.47 Å². The normalized spacial score (nSPS) is 48.3. The first-order chi connectivity index (χ1) is 12.9. The molecule has 0 bridgehead atoms. The molecule has 0 aromatic rings. The lowest BCUT2D eigenvalue weighted by atomic mass is 9.47. The molecule has 0 aromatic heterocycles. The number of allylic oxidation sites excluding steroid dienone is 4. The molecule has 5 aliphatic rings. The van der Waals surface area contributed by atoms with Gasteiger partial charge in [0.15, 0.2) is 0 Å². The number of hydrogen-bond acceptors (Lipinski definition) is 3. The largest absolute Gasteiger partial charge is 0.498 e. The van der Waals surface area contributed by atoms with Crippen molar-refractivity contribution in [1.29, 1.82) is 0 Å². The molecule has 3 nitrogen and oxygen atoms in total. The van der Waals surface area contributed by atoms with Crippen molar-refractivity contribution >= 4 is 5.97 Å². The van der Waals surface area contributed by atoms with Crippen molar-refractivity contribution in [3.63, 3.8) is 0 Å². The Morgan fingerprint density at radius 2 is 1.93 bits per heavy atom. The quantitative estimate of drug-likeness (QED) is 0.597. The number of rotatable bonds is 2. The summed E-state index contributed by atoms with van der Waals surface area (Å²) in [5.41, 5.74) is 1.86. The monoisotopic (exact) mass is 370 g/mol. The average Bonchev–Trinajstić information content (AvgIpc) is 3.16. The fourth-order valence-corrected chi connectivity index (χ4v) is 7.89. The van der Waals surface area contributed by atoms with Crippen LogP contribution in [0.15, 0.2) is 23.5 Å². The highest BCUT2D eigenvalue weighted by molar-refractivity contribution is 5.72. The molecule has 148 valence electrons. The van der Waals surface area contributed by atoms with E-state index in [9.17, 15) is 4.79 Å². The van der Waals surface area contributed by atoms with Gasteiger partial charge in [0.25, 0.3) is 0 Å². The third-order valence-electron chi connectivity index (χ3n) is 9.39. The minimum absolute atomic E-state index is 0.0395. The maximum Gasteiger partial charge on any atom is 0.306 e. The first kappa shape index (κ1) is 17.8. The Hall–Kier alpha value is -1.25. The SMILES string of the molecule is CCOC1=CC2=CCC3C(CC[C@@]4(C)C3CC[C@@]43CCC(=O)O3)[C@@]2(C)CC1. The molecule has 5 rings (SSSR count). The first-order valence-electron chi connectivity index (χ1n) is 11.2. The third kappa shape index (κ3) is 2.29. The Labute approximate surface area is 163 Å². The Morgan fingerprint density at radius 1 is 1.11 bits per heavy atom. The number of carbonyl (C=O) groups excluding carboxylic acids is 1. The van der Waals surface area contributed by atoms with Crippen molar-refractivity contribution in [3.8, 4) is 0 Å². The zero-order chi connectivity index (χ0) is 18.9. The van der Waals surface area contributed by atoms with Crippen molar-refractivity contribution in [2.45, 2.75) is 84.2 Å². The van der Waals surface area contributed by atoms with Crippen molar-refractivity contribution in [1.82, 2.24) is 0 Å². The van der Waals surface area contributed by atoms with E-state index in [2.05, 4.69) is 32.9 Å². The number of ether oxygens (including phenoxy) is 2. The summed E-state index contributed by atoms with van der Waals surface area (Å²) in [5, 5.41) is 0. The lowest BCUT2D eigenvalue weighted by Gasteiger charge is -2.58. The van der Waals surface area contributed by atoms with Gasteiger partial charge >= 0.3 is 5.97 Å². The van der Waals surface area contributed by atoms with Crippen molar-refractivity contribution in [3.05, 3.63) is 23.5 Å². The minimum Gasteiger partial charge on any atom is -0.498 e. The van der Waals surface area contributed by atoms with Crippen LogP contribution in [0.25, 0.3) is 0 Å². The Morgan fingerprint density at radius 3 is 2.67 bits per heavy atom. The fraction of sp³-hybridized carbons (Fsp3) is 0.792. The van der Waals surface area contributed by atoms with Crippen LogP contribution < -0.4 is 0 Å². The van der Waals surface area contributed by atoms with E-state index >= 15 is 0 Å². The zero-order valence-electron chi connectivity index (χ0n) is 17.2. The maximum atomic E-state index is 12.0. The lowest BCUT2D eigenvalue weighted by Crippen LogP contribution is -2.54. The minimum atomic E-state index is -0.154. The molecule has 1 aliphatic heterocycles. The Kier molecular flexibility index (Phi) is 3.88. The molecule has 3 heteroatoms. The van der Waals surface area contributed by atoms with Crippen LogP contribution in [0.3, 0.4) is 0 Å². The van der Waals surface area contributed by atoms with Gasteiger partial charge in [0.05, 0.1) is 12.4 Å². The van der Waals surface area contributed by atoms with Crippen LogP contribution >= 0.6 is 0 Å². The van der Waals surface area contributed by atoms with Crippen molar-refractivity contribution in [2.75, 3.05) is 6.61 Å². The summed E-state index contributed by atoms with van der Waals surface area (Å²) < 4.78 is 11.9. The Bertz CT molecular complexity index is 721. The van der Waals surface area contributed by atoms with E-state index in [0.29, 0.717) is 17.8 Å². The summed E-state index contributed by atoms with van der Waals surface area (Å²) >= 11 is 0. The smallest absolute Gasteiger partial charge is 0.306 e. The predicted octanol–water partition coefficient (Wildman–Crippen LogP) is 5.56. The molecule has 1 spiro atoms. The van der Waals surface area contributed by atoms with Gasteiger partial charge < -0.3 is 9.47 Å². The number of hydrogen-bond donors (Lipinski definition) is 0. The van der Waals surface area contributed by atoms with E-state index < -0.39 is 0 Å². The second kappa shape index (κ2) is 5.87. The van der Waals surface area contributed by atoms with Gasteiger partial charge in [-0.3, -0.25) is 4.79 Å². The van der Waals surface area contributed by atoms with Crippen LogP contribution in [0.5, 0.6) is 0 Å². The van der Waals surface area contributed by atoms with Gasteiger partial charge in [-0.15, -0.1) is 0 Å². The second-order valence-electron chi connectivity index (χ2n) is 10.2. The van der Waals surface area contributed by atoms with E-state index in [1.807, 2.05) is 0 Å². The molecule has 6 atom stereocenters. The van der Waals surface area contributed by atoms with Crippen LogP contribution in [0.1, 0.15) is 78.6 Å². The number of carbonyl (C=O) groups is 1. The highest BCUT2D eigenvalue weighted by Crippen LogP contribution is 2.69. The molecule has 0 amide bonds. The van der Waals surface area contributed by atoms with E-state index in [1.165, 1.54) is 43.4 Å². The highest BCUT2D eigenvalue weighted by Gasteiger charge is 2.66. The van der Waals surface area contributed by atoms with Gasteiger partial charge in [0.1, 0.15) is 5.60 Å². The molecule has 27 heavy (non-hydrogen) atoms. The second-order valence-corrected chi connectivity index (χ2v) is 10.2. The molecule has 4 aliphatic carbocycles. The molecule has 2 saturated carbocycles. The summed E-state index contributed by atoms with van der Waals surface area (Å²) in [6.07, 6.45) is 14.8. The van der Waals surface area contributed by atoms with E-state index in [0.717, 1.165) is 37.7 Å². The molecule has 3 unspecified atom stereocenters. The first-order valence-corrected chi connectivity index (χ1v) is 11.2. The van der Waals surface area contributed by atoms with Gasteiger partial charge in [-0.25, -0.2) is 0 Å². The average molecular weight is 371 g/mol. The molecule has 0 N–H and O–H groups in total. The van der Waals surface area contributed by atoms with Crippen LogP contribution in [0.2, 0.25) is 0 Å². The summed E-state index contributed by atoms with van der Waals surface area (Å²) in [7, 11) is 0. The van der Waals surface area contributed by atoms with Gasteiger partial charge in [-0.05, 0) is 86.7 Å². The molecular weight excluding hydrogens is 336 g/mol. The van der Waals surface area contributed by atoms with Crippen LogP contribution in [0.4, 0.5) is 0 Å². The van der Waals surface area contributed by atoms with E-state index in [1.54, 1.807) is 0 Å². The van der Waals surface area contributed by atoms with Crippen LogP contribution in [-0.2, 0) is 14.3 Å². The zero-order valence-corrected chi connectivity index (χ0v) is 17.2. The van der Waals surface area contributed by atoms with Gasteiger partial charge in [0, 0.05) is 18.3 Å². The topological polar surface area (TPSA) is 35.5 Å². The number of esters is 1. The molecule has 3 fully saturated rings. The Balaban J connectivity index is 1.46. The van der Waals surface area contributed by atoms with Gasteiger partial charge in [-0.2, -0.15) is 0 Å².